The van der Waals surface area contributed by atoms with Crippen LogP contribution < -0.4 is 0 Å². The zero-order valence-electron chi connectivity index (χ0n) is 65.5. The van der Waals surface area contributed by atoms with Gasteiger partial charge in [0.25, 0.3) is 6.47 Å². The van der Waals surface area contributed by atoms with Crippen LogP contribution in [0.5, 0.6) is 0 Å². The molecule has 0 aliphatic carbocycles. The molecule has 6 aromatic carbocycles. The molecule has 0 saturated carbocycles. The summed E-state index contributed by atoms with van der Waals surface area (Å²) >= 11 is 3.36. The number of aliphatic hydroxyl groups is 1. The number of ether oxygens (including phenoxy) is 7. The molecular weight excluding hydrogens is 1370 g/mol. The normalized spacial score (nSPS) is 11.5. The molecule has 0 radical (unpaired) electrons. The SMILES string of the molecule is CC#CC#COC(COCCCCCCCCCCCCCCCC)COC(c1ccccc1)(c1ccccc1)c1ccccc1.CCCCCCCCCCCCCCCCCOCC(O)COC(c1ccccc1)(c1ccccc1)c1ccccc1.CCOC(=O)CCCCCCBr.CCOC=O.[HH].[HH].[HH].[HH]. The van der Waals surface area contributed by atoms with Gasteiger partial charge in [-0.15, -0.1) is 0 Å². The molecule has 0 aromatic heterocycles. The second-order valence-electron chi connectivity index (χ2n) is 27.1. The van der Waals surface area contributed by atoms with Crippen molar-refractivity contribution in [1.29, 1.82) is 0 Å². The van der Waals surface area contributed by atoms with Crippen molar-refractivity contribution in [2.75, 3.05) is 58.2 Å². The van der Waals surface area contributed by atoms with Crippen molar-refractivity contribution in [3.05, 3.63) is 215 Å². The molecule has 586 valence electrons. The van der Waals surface area contributed by atoms with E-state index in [0.717, 1.165) is 64.4 Å². The van der Waals surface area contributed by atoms with E-state index in [9.17, 15) is 14.7 Å². The van der Waals surface area contributed by atoms with E-state index in [2.05, 4.69) is 168 Å². The zero-order valence-corrected chi connectivity index (χ0v) is 67.0. The summed E-state index contributed by atoms with van der Waals surface area (Å²) in [5.41, 5.74) is 4.62. The highest BCUT2D eigenvalue weighted by atomic mass is 79.9. The average Bonchev–Trinajstić information content (AvgIpc) is 0.767. The van der Waals surface area contributed by atoms with Crippen LogP contribution in [0.1, 0.15) is 292 Å². The second kappa shape index (κ2) is 65.7. The summed E-state index contributed by atoms with van der Waals surface area (Å²) in [5, 5.41) is 11.9. The van der Waals surface area contributed by atoms with Gasteiger partial charge in [0, 0.05) is 36.6 Å². The third-order valence-corrected chi connectivity index (χ3v) is 19.0. The van der Waals surface area contributed by atoms with Crippen LogP contribution in [-0.2, 0) is 53.9 Å². The average molecular weight is 1510 g/mol. The van der Waals surface area contributed by atoms with Crippen LogP contribution in [0.15, 0.2) is 182 Å². The number of hydrogen-bond donors (Lipinski definition) is 1. The van der Waals surface area contributed by atoms with E-state index in [1.165, 1.54) is 186 Å². The first kappa shape index (κ1) is 92.7. The van der Waals surface area contributed by atoms with E-state index >= 15 is 0 Å². The number of esters is 1. The molecule has 0 fully saturated rings. The number of rotatable bonds is 57. The van der Waals surface area contributed by atoms with Crippen molar-refractivity contribution in [2.24, 2.45) is 0 Å². The Hall–Kier alpha value is -6.54. The van der Waals surface area contributed by atoms with Crippen LogP contribution >= 0.6 is 15.9 Å². The number of benzene rings is 6. The summed E-state index contributed by atoms with van der Waals surface area (Å²) in [4.78, 5) is 20.0. The molecule has 0 amide bonds. The minimum absolute atomic E-state index is 0. The maximum atomic E-state index is 10.8. The van der Waals surface area contributed by atoms with Gasteiger partial charge in [0.05, 0.1) is 39.6 Å². The third kappa shape index (κ3) is 42.6. The molecule has 0 spiro atoms. The molecule has 11 heteroatoms. The van der Waals surface area contributed by atoms with Gasteiger partial charge in [-0.2, -0.15) is 0 Å². The number of unbranched alkanes of at least 4 members (excludes halogenated alkanes) is 30. The molecule has 0 saturated heterocycles. The highest BCUT2D eigenvalue weighted by Gasteiger charge is 2.40. The molecule has 10 nitrogen and oxygen atoms in total. The van der Waals surface area contributed by atoms with Gasteiger partial charge in [-0.1, -0.05) is 404 Å². The van der Waals surface area contributed by atoms with Gasteiger partial charge in [0.2, 0.25) is 0 Å². The first-order valence-corrected chi connectivity index (χ1v) is 41.7. The molecule has 2 atom stereocenters. The molecular formula is C94H143BrO10. The Bertz CT molecular complexity index is 2870. The molecule has 0 aliphatic heterocycles. The highest BCUT2D eigenvalue weighted by Crippen LogP contribution is 2.42. The molecule has 6 aromatic rings. The van der Waals surface area contributed by atoms with Crippen LogP contribution in [0.3, 0.4) is 0 Å². The third-order valence-electron chi connectivity index (χ3n) is 18.5. The lowest BCUT2D eigenvalue weighted by Crippen LogP contribution is -2.37. The summed E-state index contributed by atoms with van der Waals surface area (Å²) in [7, 11) is 0. The number of carbonyl (C=O) groups is 2. The van der Waals surface area contributed by atoms with Crippen LogP contribution in [0, 0.1) is 23.9 Å². The predicted molar refractivity (Wildman–Crippen MR) is 449 cm³/mol. The Kier molecular flexibility index (Phi) is 58.0. The minimum Gasteiger partial charge on any atom is -0.468 e. The standard InChI is InChI=1S/C43H56O3.C39H56O3.C9H17BrO2.C3H6O2.4H2/c1-3-5-7-8-9-10-11-12-13-14-15-16-17-28-35-44-37-42(45-36-27-6-4-2)38-46-43(39-29-21-18-22-30-39,40-31-23-19-24-32-40)41-33-25-20-26-34-41;1-2-3-4-5-6-7-8-9-10-11-12-13-14-15-25-32-41-33-38(40)34-42-39(35-26-19-16-20-27-35,36-28-21-17-22-29-36)37-30-23-18-24-31-37;1-2-12-9(11)7-5-3-4-6-8-10;1-2-5-3-4;;;;/h18-26,29-34,42H,3,5,7-17,28,35,37-38H2,1-2H3;16-24,26-31,38,40H,2-15,25,32-34H2,1H3;2-8H2,1H3;3H,2H2,1H3;4*1H. The van der Waals surface area contributed by atoms with Crippen molar-refractivity contribution in [2.45, 2.75) is 276 Å². The van der Waals surface area contributed by atoms with Gasteiger partial charge in [-0.05, 0) is 85.8 Å². The number of hydrogen-bond acceptors (Lipinski definition) is 10. The first-order chi connectivity index (χ1) is 51.8. The fourth-order valence-electron chi connectivity index (χ4n) is 12.8. The van der Waals surface area contributed by atoms with E-state index in [-0.39, 0.29) is 31.0 Å². The molecule has 6 rings (SSSR count). The second-order valence-corrected chi connectivity index (χ2v) is 27.9. The first-order valence-electron chi connectivity index (χ1n) is 40.6. The molecule has 1 N–H and O–H groups in total. The summed E-state index contributed by atoms with van der Waals surface area (Å²) in [6.07, 6.45) is 45.9. The number of halogens is 1. The van der Waals surface area contributed by atoms with Crippen molar-refractivity contribution >= 4 is 28.4 Å². The fraction of sp³-hybridized carbons (Fsp3) is 0.553. The molecule has 0 aliphatic rings. The summed E-state index contributed by atoms with van der Waals surface area (Å²) in [6, 6.07) is 62.0. The lowest BCUT2D eigenvalue weighted by atomic mass is 9.80. The van der Waals surface area contributed by atoms with Crippen molar-refractivity contribution in [3.8, 4) is 23.9 Å². The van der Waals surface area contributed by atoms with E-state index < -0.39 is 17.3 Å². The highest BCUT2D eigenvalue weighted by molar-refractivity contribution is 9.09. The van der Waals surface area contributed by atoms with Gasteiger partial charge < -0.3 is 38.3 Å². The van der Waals surface area contributed by atoms with Crippen molar-refractivity contribution in [1.82, 2.24) is 0 Å². The van der Waals surface area contributed by atoms with Gasteiger partial charge in [-0.25, -0.2) is 0 Å². The zero-order chi connectivity index (χ0) is 75.3. The quantitative estimate of drug-likeness (QED) is 0.00987. The van der Waals surface area contributed by atoms with Gasteiger partial charge in [-0.3, -0.25) is 9.59 Å². The van der Waals surface area contributed by atoms with Gasteiger partial charge in [0.15, 0.2) is 6.10 Å². The lowest BCUT2D eigenvalue weighted by Gasteiger charge is -2.36. The minimum atomic E-state index is -0.823. The van der Waals surface area contributed by atoms with Crippen LogP contribution in [0.25, 0.3) is 0 Å². The monoisotopic (exact) mass is 1510 g/mol. The molecule has 0 bridgehead atoms. The summed E-state index contributed by atoms with van der Waals surface area (Å²) in [6.45, 7) is 13.9. The lowest BCUT2D eigenvalue weighted by molar-refractivity contribution is -0.143. The Morgan fingerprint density at radius 1 is 0.410 bits per heavy atom. The van der Waals surface area contributed by atoms with E-state index in [1.807, 2.05) is 79.7 Å². The Balaban J connectivity index is 0. The van der Waals surface area contributed by atoms with E-state index in [0.29, 0.717) is 52.5 Å². The Morgan fingerprint density at radius 3 is 1.03 bits per heavy atom. The number of carbonyl (C=O) groups excluding carboxylic acids is 2. The largest absolute Gasteiger partial charge is 0.468 e. The number of aliphatic hydroxyl groups excluding tert-OH is 1. The van der Waals surface area contributed by atoms with Gasteiger partial charge >= 0.3 is 5.97 Å². The van der Waals surface area contributed by atoms with Crippen LogP contribution in [0.2, 0.25) is 0 Å². The number of alkyl halides is 1. The van der Waals surface area contributed by atoms with Crippen molar-refractivity contribution in [3.63, 3.8) is 0 Å². The van der Waals surface area contributed by atoms with Gasteiger partial charge in [0.1, 0.15) is 23.4 Å². The van der Waals surface area contributed by atoms with Crippen LogP contribution in [0.4, 0.5) is 0 Å². The fourth-order valence-corrected chi connectivity index (χ4v) is 13.2. The maximum absolute atomic E-state index is 10.8. The predicted octanol–water partition coefficient (Wildman–Crippen LogP) is 25.2. The molecule has 0 heterocycles. The Morgan fingerprint density at radius 2 is 0.724 bits per heavy atom. The Labute approximate surface area is 652 Å². The smallest absolute Gasteiger partial charge is 0.305 e. The molecule has 105 heavy (non-hydrogen) atoms. The maximum Gasteiger partial charge on any atom is 0.305 e. The van der Waals surface area contributed by atoms with Crippen molar-refractivity contribution < 1.29 is 53.6 Å². The van der Waals surface area contributed by atoms with Crippen LogP contribution in [-0.4, -0.2) is 87.9 Å². The topological polar surface area (TPSA) is 119 Å². The van der Waals surface area contributed by atoms with E-state index in [1.54, 1.807) is 13.8 Å². The van der Waals surface area contributed by atoms with E-state index in [4.69, 9.17) is 28.4 Å². The summed E-state index contributed by atoms with van der Waals surface area (Å²) in [5.74, 6) is 8.27. The molecule has 2 unspecified atom stereocenters. The summed E-state index contributed by atoms with van der Waals surface area (Å²) < 4.78 is 40.6.